The normalized spacial score (nSPS) is 10.9. The Morgan fingerprint density at radius 3 is 2.60 bits per heavy atom. The van der Waals surface area contributed by atoms with Gasteiger partial charge in [-0.25, -0.2) is 5.43 Å². The van der Waals surface area contributed by atoms with Crippen LogP contribution in [0.2, 0.25) is 0 Å². The van der Waals surface area contributed by atoms with Crippen LogP contribution in [0.1, 0.15) is 11.1 Å². The number of benzene rings is 2. The zero-order chi connectivity index (χ0) is 18.6. The van der Waals surface area contributed by atoms with Crippen molar-refractivity contribution in [2.45, 2.75) is 6.92 Å². The van der Waals surface area contributed by atoms with E-state index in [0.717, 1.165) is 10.0 Å². The van der Waals surface area contributed by atoms with Crippen molar-refractivity contribution in [2.24, 2.45) is 5.10 Å². The summed E-state index contributed by atoms with van der Waals surface area (Å²) in [5.41, 5.74) is 4.05. The van der Waals surface area contributed by atoms with Gasteiger partial charge in [0.2, 0.25) is 0 Å². The van der Waals surface area contributed by atoms with Gasteiger partial charge in [0.05, 0.1) is 19.6 Å². The molecule has 0 fully saturated rings. The minimum absolute atomic E-state index is 0.0449. The number of phenols is 1. The molecular weight excluding hydrogens is 588 g/mol. The lowest BCUT2D eigenvalue weighted by Crippen LogP contribution is -2.24. The van der Waals surface area contributed by atoms with Crippen molar-refractivity contribution in [1.29, 1.82) is 0 Å². The van der Waals surface area contributed by atoms with Crippen LogP contribution in [0.5, 0.6) is 11.5 Å². The van der Waals surface area contributed by atoms with Gasteiger partial charge >= 0.3 is 0 Å². The molecule has 0 atom stereocenters. The van der Waals surface area contributed by atoms with E-state index in [2.05, 4.69) is 74.2 Å². The number of hydrogen-bond acceptors (Lipinski definition) is 4. The van der Waals surface area contributed by atoms with Crippen molar-refractivity contribution in [3.05, 3.63) is 53.3 Å². The molecule has 0 saturated heterocycles. The molecule has 0 radical (unpaired) electrons. The number of aromatic hydroxyl groups is 1. The van der Waals surface area contributed by atoms with E-state index in [0.29, 0.717) is 24.7 Å². The second-order valence-corrected chi connectivity index (χ2v) is 8.29. The van der Waals surface area contributed by atoms with Crippen LogP contribution in [-0.4, -0.2) is 23.8 Å². The fraction of sp³-hybridized carbons (Fsp3) is 0.125. The summed E-state index contributed by atoms with van der Waals surface area (Å²) in [7, 11) is 0. The predicted octanol–water partition coefficient (Wildman–Crippen LogP) is 5.28. The third-order valence-electron chi connectivity index (χ3n) is 3.01. The first-order valence-electron chi connectivity index (χ1n) is 6.87. The first-order valence-corrected chi connectivity index (χ1v) is 10.0. The molecule has 9 heteroatoms. The third-order valence-corrected chi connectivity index (χ3v) is 5.69. The average Bonchev–Trinajstić information content (AvgIpc) is 2.55. The van der Waals surface area contributed by atoms with Crippen LogP contribution in [0.15, 0.2) is 47.3 Å². The molecule has 0 aliphatic carbocycles. The summed E-state index contributed by atoms with van der Waals surface area (Å²) >= 11 is 13.3. The number of phenolic OH excluding ortho intramolecular Hbond substituents is 1. The van der Waals surface area contributed by atoms with Gasteiger partial charge in [0.1, 0.15) is 11.5 Å². The Kier molecular flexibility index (Phi) is 7.48. The number of nitrogens with one attached hydrogen (secondary N) is 1. The van der Waals surface area contributed by atoms with Crippen LogP contribution >= 0.6 is 63.7 Å². The summed E-state index contributed by atoms with van der Waals surface area (Å²) in [5, 5.41) is 13.8. The molecule has 0 aliphatic heterocycles. The Labute approximate surface area is 178 Å². The molecular formula is C16H12Br4N2O3. The molecule has 1 amide bonds. The molecule has 0 bridgehead atoms. The van der Waals surface area contributed by atoms with Crippen LogP contribution in [-0.2, 0) is 4.79 Å². The van der Waals surface area contributed by atoms with Gasteiger partial charge in [-0.1, -0.05) is 22.0 Å². The Bertz CT molecular complexity index is 841. The Balaban J connectivity index is 1.96. The van der Waals surface area contributed by atoms with Gasteiger partial charge in [0.15, 0.2) is 6.61 Å². The second kappa shape index (κ2) is 9.16. The van der Waals surface area contributed by atoms with Gasteiger partial charge in [-0.2, -0.15) is 5.10 Å². The average molecular weight is 600 g/mol. The molecule has 132 valence electrons. The van der Waals surface area contributed by atoms with Crippen molar-refractivity contribution in [3.8, 4) is 11.5 Å². The van der Waals surface area contributed by atoms with Gasteiger partial charge in [-0.3, -0.25) is 4.79 Å². The highest BCUT2D eigenvalue weighted by Gasteiger charge is 2.12. The van der Waals surface area contributed by atoms with E-state index < -0.39 is 5.91 Å². The van der Waals surface area contributed by atoms with Gasteiger partial charge in [0, 0.05) is 10.0 Å². The van der Waals surface area contributed by atoms with E-state index in [1.807, 2.05) is 19.1 Å². The van der Waals surface area contributed by atoms with Crippen molar-refractivity contribution in [1.82, 2.24) is 5.43 Å². The topological polar surface area (TPSA) is 70.9 Å². The summed E-state index contributed by atoms with van der Waals surface area (Å²) in [4.78, 5) is 11.8. The number of halogens is 4. The molecule has 2 N–H and O–H groups in total. The number of aryl methyl sites for hydroxylation is 1. The maximum absolute atomic E-state index is 11.8. The molecule has 0 spiro atoms. The minimum Gasteiger partial charge on any atom is -0.506 e. The van der Waals surface area contributed by atoms with E-state index >= 15 is 0 Å². The van der Waals surface area contributed by atoms with E-state index in [-0.39, 0.29) is 12.4 Å². The number of carbonyl (C=O) groups excluding carboxylic acids is 1. The van der Waals surface area contributed by atoms with Crippen LogP contribution < -0.4 is 10.2 Å². The van der Waals surface area contributed by atoms with Crippen LogP contribution in [0.25, 0.3) is 0 Å². The number of rotatable bonds is 5. The Morgan fingerprint density at radius 1 is 1.20 bits per heavy atom. The second-order valence-electron chi connectivity index (χ2n) is 4.93. The molecule has 0 aliphatic rings. The SMILES string of the molecule is Cc1ccc(OCC(=O)N/N=C/c2c(Br)cc(Br)c(O)c2Br)c(Br)c1. The number of carbonyl (C=O) groups is 1. The number of hydrazone groups is 1. The monoisotopic (exact) mass is 596 g/mol. The van der Waals surface area contributed by atoms with Gasteiger partial charge in [0.25, 0.3) is 5.91 Å². The molecule has 5 nitrogen and oxygen atoms in total. The first kappa shape index (κ1) is 20.4. The maximum atomic E-state index is 11.8. The fourth-order valence-electron chi connectivity index (χ4n) is 1.78. The van der Waals surface area contributed by atoms with E-state index in [9.17, 15) is 9.90 Å². The van der Waals surface area contributed by atoms with Gasteiger partial charge < -0.3 is 9.84 Å². The zero-order valence-corrected chi connectivity index (χ0v) is 19.2. The summed E-state index contributed by atoms with van der Waals surface area (Å²) in [6.45, 7) is 1.79. The Hall–Kier alpha value is -0.900. The molecule has 2 aromatic carbocycles. The number of ether oxygens (including phenoxy) is 1. The molecule has 2 rings (SSSR count). The highest BCUT2D eigenvalue weighted by Crippen LogP contribution is 2.38. The number of nitrogens with zero attached hydrogens (tertiary/aromatic N) is 1. The smallest absolute Gasteiger partial charge is 0.277 e. The van der Waals surface area contributed by atoms with Gasteiger partial charge in [-0.15, -0.1) is 0 Å². The van der Waals surface area contributed by atoms with E-state index in [4.69, 9.17) is 4.74 Å². The predicted molar refractivity (Wildman–Crippen MR) is 111 cm³/mol. The summed E-state index contributed by atoms with van der Waals surface area (Å²) in [5.74, 6) is 0.217. The van der Waals surface area contributed by atoms with E-state index in [1.165, 1.54) is 6.21 Å². The van der Waals surface area contributed by atoms with Crippen LogP contribution in [0.3, 0.4) is 0 Å². The van der Waals surface area contributed by atoms with Crippen molar-refractivity contribution < 1.29 is 14.6 Å². The largest absolute Gasteiger partial charge is 0.506 e. The Morgan fingerprint density at radius 2 is 1.92 bits per heavy atom. The minimum atomic E-state index is -0.405. The fourth-order valence-corrected chi connectivity index (χ4v) is 4.71. The standard InChI is InChI=1S/C16H12Br4N2O3/c1-8-2-3-13(11(18)4-8)25-7-14(23)22-21-6-9-10(17)5-12(19)16(24)15(9)20/h2-6,24H,7H2,1H3,(H,22,23)/b21-6+. The molecule has 2 aromatic rings. The number of amides is 1. The van der Waals surface area contributed by atoms with E-state index in [1.54, 1.807) is 12.1 Å². The highest BCUT2D eigenvalue weighted by molar-refractivity contribution is 9.11. The maximum Gasteiger partial charge on any atom is 0.277 e. The quantitative estimate of drug-likeness (QED) is 0.363. The van der Waals surface area contributed by atoms with Crippen molar-refractivity contribution in [3.63, 3.8) is 0 Å². The summed E-state index contributed by atoms with van der Waals surface area (Å²) in [6.07, 6.45) is 1.42. The third kappa shape index (κ3) is 5.54. The van der Waals surface area contributed by atoms with Crippen LogP contribution in [0, 0.1) is 6.92 Å². The molecule has 0 aromatic heterocycles. The lowest BCUT2D eigenvalue weighted by Gasteiger charge is -2.08. The van der Waals surface area contributed by atoms with Crippen LogP contribution in [0.4, 0.5) is 0 Å². The lowest BCUT2D eigenvalue weighted by molar-refractivity contribution is -0.123. The molecule has 0 unspecified atom stereocenters. The van der Waals surface area contributed by atoms with Crippen molar-refractivity contribution >= 4 is 75.8 Å². The molecule has 0 saturated carbocycles. The summed E-state index contributed by atoms with van der Waals surface area (Å²) in [6, 6.07) is 7.27. The first-order chi connectivity index (χ1) is 11.8. The zero-order valence-electron chi connectivity index (χ0n) is 12.8. The highest BCUT2D eigenvalue weighted by atomic mass is 79.9. The molecule has 25 heavy (non-hydrogen) atoms. The summed E-state index contributed by atoms with van der Waals surface area (Å²) < 4.78 is 7.90. The van der Waals surface area contributed by atoms with Gasteiger partial charge in [-0.05, 0) is 78.5 Å². The number of hydrogen-bond donors (Lipinski definition) is 2. The van der Waals surface area contributed by atoms with Crippen molar-refractivity contribution in [2.75, 3.05) is 6.61 Å². The lowest BCUT2D eigenvalue weighted by atomic mass is 10.2. The molecule has 0 heterocycles.